The van der Waals surface area contributed by atoms with Gasteiger partial charge in [0.05, 0.1) is 0 Å². The van der Waals surface area contributed by atoms with Gasteiger partial charge in [-0.1, -0.05) is 30.7 Å². The zero-order valence-electron chi connectivity index (χ0n) is 9.30. The van der Waals surface area contributed by atoms with E-state index in [1.165, 1.54) is 23.1 Å². The van der Waals surface area contributed by atoms with E-state index in [-0.39, 0.29) is 0 Å². The van der Waals surface area contributed by atoms with Crippen LogP contribution in [-0.2, 0) is 0 Å². The summed E-state index contributed by atoms with van der Waals surface area (Å²) in [6.07, 6.45) is 1.28. The number of benzene rings is 1. The minimum absolute atomic E-state index is 0.588. The van der Waals surface area contributed by atoms with Gasteiger partial charge in [0, 0.05) is 6.04 Å². The molecule has 1 N–H and O–H groups in total. The van der Waals surface area contributed by atoms with Gasteiger partial charge in [0.15, 0.2) is 0 Å². The minimum Gasteiger partial charge on any atom is -0.310 e. The first-order valence-corrected chi connectivity index (χ1v) is 5.47. The van der Waals surface area contributed by atoms with E-state index in [0.29, 0.717) is 6.04 Å². The summed E-state index contributed by atoms with van der Waals surface area (Å²) in [6.45, 7) is 7.86. The van der Waals surface area contributed by atoms with Crippen molar-refractivity contribution in [2.75, 3.05) is 6.54 Å². The van der Waals surface area contributed by atoms with E-state index >= 15 is 0 Å². The normalized spacial score (nSPS) is 26.8. The highest BCUT2D eigenvalue weighted by molar-refractivity contribution is 5.33. The fourth-order valence-electron chi connectivity index (χ4n) is 2.28. The van der Waals surface area contributed by atoms with Crippen LogP contribution in [-0.4, -0.2) is 6.54 Å². The molecular formula is C13H19N. The van der Waals surface area contributed by atoms with E-state index in [0.717, 1.165) is 12.5 Å². The van der Waals surface area contributed by atoms with Crippen molar-refractivity contribution in [3.05, 3.63) is 34.9 Å². The Balaban J connectivity index is 2.27. The monoisotopic (exact) mass is 189 g/mol. The molecule has 0 bridgehead atoms. The third-order valence-electron chi connectivity index (χ3n) is 3.16. The van der Waals surface area contributed by atoms with Crippen LogP contribution in [0.4, 0.5) is 0 Å². The quantitative estimate of drug-likeness (QED) is 0.716. The van der Waals surface area contributed by atoms with Gasteiger partial charge in [-0.15, -0.1) is 0 Å². The third kappa shape index (κ3) is 1.83. The molecule has 1 aliphatic rings. The summed E-state index contributed by atoms with van der Waals surface area (Å²) in [5.41, 5.74) is 4.28. The number of rotatable bonds is 1. The van der Waals surface area contributed by atoms with E-state index in [1.54, 1.807) is 0 Å². The predicted molar refractivity (Wildman–Crippen MR) is 60.4 cm³/mol. The van der Waals surface area contributed by atoms with Gasteiger partial charge in [-0.3, -0.25) is 0 Å². The molecule has 0 unspecified atom stereocenters. The van der Waals surface area contributed by atoms with Gasteiger partial charge >= 0.3 is 0 Å². The molecule has 1 heteroatoms. The SMILES string of the molecule is Cc1ccc(C)c([C@@H]2C[C@H](C)CN2)c1. The molecule has 1 nitrogen and oxygen atoms in total. The molecule has 1 aromatic carbocycles. The molecule has 0 amide bonds. The summed E-state index contributed by atoms with van der Waals surface area (Å²) < 4.78 is 0. The molecule has 1 aliphatic heterocycles. The van der Waals surface area contributed by atoms with Gasteiger partial charge < -0.3 is 5.32 Å². The van der Waals surface area contributed by atoms with Crippen LogP contribution in [0.3, 0.4) is 0 Å². The van der Waals surface area contributed by atoms with Crippen LogP contribution < -0.4 is 5.32 Å². The largest absolute Gasteiger partial charge is 0.310 e. The summed E-state index contributed by atoms with van der Waals surface area (Å²) in [6, 6.07) is 7.34. The Morgan fingerprint density at radius 1 is 1.29 bits per heavy atom. The maximum absolute atomic E-state index is 3.59. The number of nitrogens with one attached hydrogen (secondary N) is 1. The van der Waals surface area contributed by atoms with Gasteiger partial charge in [0.25, 0.3) is 0 Å². The first-order chi connectivity index (χ1) is 6.66. The molecule has 0 spiro atoms. The van der Waals surface area contributed by atoms with Gasteiger partial charge in [-0.25, -0.2) is 0 Å². The average Bonchev–Trinajstić information content (AvgIpc) is 2.56. The van der Waals surface area contributed by atoms with E-state index in [1.807, 2.05) is 0 Å². The first kappa shape index (κ1) is 9.72. The zero-order chi connectivity index (χ0) is 10.1. The Morgan fingerprint density at radius 3 is 2.71 bits per heavy atom. The summed E-state index contributed by atoms with van der Waals surface area (Å²) in [5, 5.41) is 3.59. The van der Waals surface area contributed by atoms with Crippen LogP contribution >= 0.6 is 0 Å². The molecule has 1 aromatic rings. The fourth-order valence-corrected chi connectivity index (χ4v) is 2.28. The van der Waals surface area contributed by atoms with Crippen molar-refractivity contribution in [1.82, 2.24) is 5.32 Å². The maximum atomic E-state index is 3.59. The Bertz CT molecular complexity index is 330. The molecule has 2 atom stereocenters. The molecule has 2 rings (SSSR count). The predicted octanol–water partition coefficient (Wildman–Crippen LogP) is 2.97. The van der Waals surface area contributed by atoms with Crippen LogP contribution in [0.15, 0.2) is 18.2 Å². The fraction of sp³-hybridized carbons (Fsp3) is 0.538. The number of hydrogen-bond acceptors (Lipinski definition) is 1. The highest BCUT2D eigenvalue weighted by atomic mass is 14.9. The maximum Gasteiger partial charge on any atom is 0.0326 e. The second-order valence-corrected chi connectivity index (χ2v) is 4.66. The standard InChI is InChI=1S/C13H19N/c1-9-4-5-11(3)12(6-9)13-7-10(2)8-14-13/h4-6,10,13-14H,7-8H2,1-3H3/t10-,13-/m0/s1. The van der Waals surface area contributed by atoms with E-state index < -0.39 is 0 Å². The lowest BCUT2D eigenvalue weighted by Gasteiger charge is -2.14. The highest BCUT2D eigenvalue weighted by Gasteiger charge is 2.22. The second-order valence-electron chi connectivity index (χ2n) is 4.66. The van der Waals surface area contributed by atoms with Crippen LogP contribution in [0.2, 0.25) is 0 Å². The number of aryl methyl sites for hydroxylation is 2. The zero-order valence-corrected chi connectivity index (χ0v) is 9.30. The topological polar surface area (TPSA) is 12.0 Å². The highest BCUT2D eigenvalue weighted by Crippen LogP contribution is 2.29. The first-order valence-electron chi connectivity index (χ1n) is 5.47. The summed E-state index contributed by atoms with van der Waals surface area (Å²) in [7, 11) is 0. The van der Waals surface area contributed by atoms with Gasteiger partial charge in [-0.2, -0.15) is 0 Å². The molecule has 0 aliphatic carbocycles. The lowest BCUT2D eigenvalue weighted by atomic mass is 9.96. The van der Waals surface area contributed by atoms with Crippen molar-refractivity contribution in [2.24, 2.45) is 5.92 Å². The van der Waals surface area contributed by atoms with Crippen molar-refractivity contribution in [3.8, 4) is 0 Å². The minimum atomic E-state index is 0.588. The van der Waals surface area contributed by atoms with Crippen LogP contribution in [0.1, 0.15) is 36.1 Å². The number of hydrogen-bond donors (Lipinski definition) is 1. The Hall–Kier alpha value is -0.820. The van der Waals surface area contributed by atoms with Crippen molar-refractivity contribution in [1.29, 1.82) is 0 Å². The molecule has 14 heavy (non-hydrogen) atoms. The van der Waals surface area contributed by atoms with Crippen molar-refractivity contribution in [2.45, 2.75) is 33.2 Å². The van der Waals surface area contributed by atoms with Crippen LogP contribution in [0.25, 0.3) is 0 Å². The molecule has 1 fully saturated rings. The van der Waals surface area contributed by atoms with Gasteiger partial charge in [-0.05, 0) is 43.9 Å². The molecule has 1 saturated heterocycles. The van der Waals surface area contributed by atoms with Gasteiger partial charge in [0.2, 0.25) is 0 Å². The van der Waals surface area contributed by atoms with E-state index in [4.69, 9.17) is 0 Å². The van der Waals surface area contributed by atoms with Crippen molar-refractivity contribution < 1.29 is 0 Å². The summed E-state index contributed by atoms with van der Waals surface area (Å²) >= 11 is 0. The summed E-state index contributed by atoms with van der Waals surface area (Å²) in [5.74, 6) is 0.819. The van der Waals surface area contributed by atoms with Crippen molar-refractivity contribution in [3.63, 3.8) is 0 Å². The lowest BCUT2D eigenvalue weighted by molar-refractivity contribution is 0.609. The average molecular weight is 189 g/mol. The van der Waals surface area contributed by atoms with Crippen LogP contribution in [0.5, 0.6) is 0 Å². The molecule has 0 aromatic heterocycles. The Kier molecular flexibility index (Phi) is 2.60. The molecular weight excluding hydrogens is 170 g/mol. The molecule has 0 radical (unpaired) electrons. The third-order valence-corrected chi connectivity index (χ3v) is 3.16. The Morgan fingerprint density at radius 2 is 2.07 bits per heavy atom. The molecule has 76 valence electrons. The van der Waals surface area contributed by atoms with Crippen molar-refractivity contribution >= 4 is 0 Å². The lowest BCUT2D eigenvalue weighted by Crippen LogP contribution is -2.14. The van der Waals surface area contributed by atoms with E-state index in [9.17, 15) is 0 Å². The summed E-state index contributed by atoms with van der Waals surface area (Å²) in [4.78, 5) is 0. The second kappa shape index (κ2) is 3.74. The smallest absolute Gasteiger partial charge is 0.0326 e. The Labute approximate surface area is 86.5 Å². The molecule has 1 heterocycles. The molecule has 0 saturated carbocycles. The van der Waals surface area contributed by atoms with Gasteiger partial charge in [0.1, 0.15) is 0 Å². The van der Waals surface area contributed by atoms with Crippen LogP contribution in [0, 0.1) is 19.8 Å². The van der Waals surface area contributed by atoms with E-state index in [2.05, 4.69) is 44.3 Å².